The number of urea groups is 1. The van der Waals surface area contributed by atoms with Crippen LogP contribution in [-0.4, -0.2) is 28.4 Å². The van der Waals surface area contributed by atoms with Gasteiger partial charge in [-0.25, -0.2) is 4.79 Å². The van der Waals surface area contributed by atoms with E-state index >= 15 is 0 Å². The molecular formula is C20H21ClN4O2. The first kappa shape index (κ1) is 18.9. The Hall–Kier alpha value is -2.83. The number of halogens is 1. The SMILES string of the molecule is Cl.NCCc1c[nH]c2ccc(C3NC(=O)N(Cc4ccccc4)C3=O)cc12. The molecule has 1 atom stereocenters. The lowest BCUT2D eigenvalue weighted by Gasteiger charge is -2.13. The molecule has 4 N–H and O–H groups in total. The molecule has 3 aromatic rings. The number of carbonyl (C=O) groups is 2. The molecule has 0 aliphatic carbocycles. The highest BCUT2D eigenvalue weighted by Gasteiger charge is 2.38. The molecule has 1 unspecified atom stereocenters. The fourth-order valence-corrected chi connectivity index (χ4v) is 3.40. The number of aromatic nitrogens is 1. The van der Waals surface area contributed by atoms with E-state index in [4.69, 9.17) is 5.73 Å². The molecule has 27 heavy (non-hydrogen) atoms. The summed E-state index contributed by atoms with van der Waals surface area (Å²) >= 11 is 0. The molecule has 7 heteroatoms. The van der Waals surface area contributed by atoms with Gasteiger partial charge < -0.3 is 16.0 Å². The van der Waals surface area contributed by atoms with Crippen molar-refractivity contribution in [1.29, 1.82) is 0 Å². The van der Waals surface area contributed by atoms with E-state index < -0.39 is 6.04 Å². The molecule has 2 aromatic carbocycles. The summed E-state index contributed by atoms with van der Waals surface area (Å²) < 4.78 is 0. The maximum atomic E-state index is 12.8. The maximum Gasteiger partial charge on any atom is 0.325 e. The highest BCUT2D eigenvalue weighted by atomic mass is 35.5. The van der Waals surface area contributed by atoms with Crippen molar-refractivity contribution in [2.24, 2.45) is 5.73 Å². The number of hydrogen-bond acceptors (Lipinski definition) is 3. The van der Waals surface area contributed by atoms with E-state index in [0.29, 0.717) is 6.54 Å². The zero-order valence-electron chi connectivity index (χ0n) is 14.6. The van der Waals surface area contributed by atoms with Gasteiger partial charge in [-0.05, 0) is 41.8 Å². The molecule has 1 aliphatic rings. The largest absolute Gasteiger partial charge is 0.361 e. The van der Waals surface area contributed by atoms with Crippen LogP contribution in [0.25, 0.3) is 10.9 Å². The zero-order chi connectivity index (χ0) is 18.1. The molecule has 1 fully saturated rings. The number of nitrogens with zero attached hydrogens (tertiary/aromatic N) is 1. The van der Waals surface area contributed by atoms with Crippen molar-refractivity contribution in [2.75, 3.05) is 6.54 Å². The lowest BCUT2D eigenvalue weighted by Crippen LogP contribution is -2.30. The topological polar surface area (TPSA) is 91.2 Å². The van der Waals surface area contributed by atoms with Crippen molar-refractivity contribution in [1.82, 2.24) is 15.2 Å². The van der Waals surface area contributed by atoms with Gasteiger partial charge in [0.25, 0.3) is 5.91 Å². The molecule has 0 radical (unpaired) electrons. The van der Waals surface area contributed by atoms with Crippen molar-refractivity contribution in [2.45, 2.75) is 19.0 Å². The van der Waals surface area contributed by atoms with E-state index in [1.807, 2.05) is 54.7 Å². The number of amides is 3. The molecular weight excluding hydrogens is 364 g/mol. The Bertz CT molecular complexity index is 971. The molecule has 0 bridgehead atoms. The first-order valence-corrected chi connectivity index (χ1v) is 8.63. The van der Waals surface area contributed by atoms with Crippen LogP contribution >= 0.6 is 12.4 Å². The van der Waals surface area contributed by atoms with Crippen molar-refractivity contribution in [3.63, 3.8) is 0 Å². The quantitative estimate of drug-likeness (QED) is 0.590. The summed E-state index contributed by atoms with van der Waals surface area (Å²) in [7, 11) is 0. The Morgan fingerprint density at radius 1 is 1.07 bits per heavy atom. The summed E-state index contributed by atoms with van der Waals surface area (Å²) in [5.74, 6) is -0.228. The Morgan fingerprint density at radius 2 is 1.85 bits per heavy atom. The van der Waals surface area contributed by atoms with Gasteiger partial charge in [-0.3, -0.25) is 9.69 Å². The number of carbonyl (C=O) groups excluding carboxylic acids is 2. The van der Waals surface area contributed by atoms with Gasteiger partial charge in [-0.1, -0.05) is 36.4 Å². The minimum absolute atomic E-state index is 0. The number of hydrogen-bond donors (Lipinski definition) is 3. The molecule has 0 spiro atoms. The van der Waals surface area contributed by atoms with Gasteiger partial charge in [-0.2, -0.15) is 0 Å². The fraction of sp³-hybridized carbons (Fsp3) is 0.200. The van der Waals surface area contributed by atoms with Gasteiger partial charge in [0, 0.05) is 17.1 Å². The van der Waals surface area contributed by atoms with Crippen LogP contribution in [-0.2, 0) is 17.8 Å². The van der Waals surface area contributed by atoms with Crippen LogP contribution in [0.1, 0.15) is 22.7 Å². The second kappa shape index (κ2) is 7.82. The van der Waals surface area contributed by atoms with Crippen LogP contribution in [0.2, 0.25) is 0 Å². The van der Waals surface area contributed by atoms with E-state index in [1.54, 1.807) is 0 Å². The number of nitrogens with one attached hydrogen (secondary N) is 2. The lowest BCUT2D eigenvalue weighted by atomic mass is 10.0. The second-order valence-corrected chi connectivity index (χ2v) is 6.45. The predicted octanol–water partition coefficient (Wildman–Crippen LogP) is 2.88. The zero-order valence-corrected chi connectivity index (χ0v) is 15.5. The first-order valence-electron chi connectivity index (χ1n) is 8.63. The number of benzene rings is 2. The highest BCUT2D eigenvalue weighted by molar-refractivity contribution is 6.05. The van der Waals surface area contributed by atoms with Gasteiger partial charge in [0.15, 0.2) is 0 Å². The van der Waals surface area contributed by atoms with Gasteiger partial charge >= 0.3 is 6.03 Å². The highest BCUT2D eigenvalue weighted by Crippen LogP contribution is 2.28. The van der Waals surface area contributed by atoms with Crippen LogP contribution in [0.15, 0.2) is 54.7 Å². The first-order chi connectivity index (χ1) is 12.7. The molecule has 1 aliphatic heterocycles. The van der Waals surface area contributed by atoms with Crippen molar-refractivity contribution >= 4 is 35.2 Å². The molecule has 1 saturated heterocycles. The van der Waals surface area contributed by atoms with E-state index in [1.165, 1.54) is 4.90 Å². The van der Waals surface area contributed by atoms with Crippen molar-refractivity contribution < 1.29 is 9.59 Å². The third-order valence-corrected chi connectivity index (χ3v) is 4.75. The number of imide groups is 1. The monoisotopic (exact) mass is 384 g/mol. The Balaban J connectivity index is 0.00000210. The lowest BCUT2D eigenvalue weighted by molar-refractivity contribution is -0.128. The molecule has 4 rings (SSSR count). The number of aromatic amines is 1. The number of nitrogens with two attached hydrogens (primary N) is 1. The summed E-state index contributed by atoms with van der Waals surface area (Å²) in [6, 6.07) is 14.3. The molecule has 2 heterocycles. The average molecular weight is 385 g/mol. The maximum absolute atomic E-state index is 12.8. The van der Waals surface area contributed by atoms with Gasteiger partial charge in [0.2, 0.25) is 0 Å². The van der Waals surface area contributed by atoms with Gasteiger partial charge in [-0.15, -0.1) is 12.4 Å². The third kappa shape index (κ3) is 3.54. The summed E-state index contributed by atoms with van der Waals surface area (Å²) in [4.78, 5) is 29.6. The summed E-state index contributed by atoms with van der Waals surface area (Å²) in [5.41, 5.74) is 9.48. The Labute approximate surface area is 163 Å². The molecule has 1 aromatic heterocycles. The fourth-order valence-electron chi connectivity index (χ4n) is 3.40. The van der Waals surface area contributed by atoms with Gasteiger partial charge in [0.1, 0.15) is 6.04 Å². The minimum atomic E-state index is -0.656. The summed E-state index contributed by atoms with van der Waals surface area (Å²) in [6.07, 6.45) is 2.70. The Morgan fingerprint density at radius 3 is 2.59 bits per heavy atom. The molecule has 3 amide bonds. The minimum Gasteiger partial charge on any atom is -0.361 e. The van der Waals surface area contributed by atoms with Crippen LogP contribution in [0, 0.1) is 0 Å². The molecule has 0 saturated carbocycles. The standard InChI is InChI=1S/C20H20N4O2.ClH/c21-9-8-15-11-22-17-7-6-14(10-16(15)17)18-19(25)24(20(26)23-18)12-13-4-2-1-3-5-13;/h1-7,10-11,18,22H,8-9,12,21H2,(H,23,26);1H. The number of fused-ring (bicyclic) bond motifs is 1. The molecule has 6 nitrogen and oxygen atoms in total. The predicted molar refractivity (Wildman–Crippen MR) is 107 cm³/mol. The van der Waals surface area contributed by atoms with E-state index in [9.17, 15) is 9.59 Å². The third-order valence-electron chi connectivity index (χ3n) is 4.75. The second-order valence-electron chi connectivity index (χ2n) is 6.45. The van der Waals surface area contributed by atoms with Crippen molar-refractivity contribution in [3.05, 3.63) is 71.4 Å². The average Bonchev–Trinajstić information content (AvgIpc) is 3.18. The van der Waals surface area contributed by atoms with Gasteiger partial charge in [0.05, 0.1) is 6.54 Å². The number of H-pyrrole nitrogens is 1. The normalized spacial score (nSPS) is 16.5. The molecule has 140 valence electrons. The summed E-state index contributed by atoms with van der Waals surface area (Å²) in [5, 5.41) is 3.84. The number of rotatable bonds is 5. The van der Waals surface area contributed by atoms with E-state index in [-0.39, 0.29) is 30.9 Å². The summed E-state index contributed by atoms with van der Waals surface area (Å²) in [6.45, 7) is 0.827. The van der Waals surface area contributed by atoms with Crippen LogP contribution in [0.4, 0.5) is 4.79 Å². The van der Waals surface area contributed by atoms with Crippen LogP contribution < -0.4 is 11.1 Å². The Kier molecular flexibility index (Phi) is 5.48. The van der Waals surface area contributed by atoms with E-state index in [2.05, 4.69) is 10.3 Å². The van der Waals surface area contributed by atoms with E-state index in [0.717, 1.165) is 34.0 Å². The van der Waals surface area contributed by atoms with Crippen molar-refractivity contribution in [3.8, 4) is 0 Å². The van der Waals surface area contributed by atoms with Crippen LogP contribution in [0.5, 0.6) is 0 Å². The smallest absolute Gasteiger partial charge is 0.325 e. The van der Waals surface area contributed by atoms with Crippen LogP contribution in [0.3, 0.4) is 0 Å².